The standard InChI is InChI=1S/C22H24N4O3S/c1-5-18(27)25-16-10-8-15(9-11-16)13(2)24-21(28)19-14(3)23-20(26-22(19)30-4)17-7-6-12-29-17/h6-13H,5H2,1-4H3,(H,24,28)(H,25,27). The molecule has 3 aromatic rings. The Morgan fingerprint density at radius 2 is 1.90 bits per heavy atom. The van der Waals surface area contributed by atoms with E-state index in [2.05, 4.69) is 20.6 Å². The van der Waals surface area contributed by atoms with Crippen molar-refractivity contribution in [1.29, 1.82) is 0 Å². The number of thioether (sulfide) groups is 1. The van der Waals surface area contributed by atoms with Crippen LogP contribution in [0.15, 0.2) is 52.1 Å². The maximum atomic E-state index is 13.0. The van der Waals surface area contributed by atoms with Crippen molar-refractivity contribution in [1.82, 2.24) is 15.3 Å². The number of nitrogens with zero attached hydrogens (tertiary/aromatic N) is 2. The summed E-state index contributed by atoms with van der Waals surface area (Å²) >= 11 is 1.39. The van der Waals surface area contributed by atoms with Gasteiger partial charge in [0.15, 0.2) is 11.6 Å². The van der Waals surface area contributed by atoms with Gasteiger partial charge in [-0.25, -0.2) is 9.97 Å². The topological polar surface area (TPSA) is 97.1 Å². The Morgan fingerprint density at radius 3 is 2.50 bits per heavy atom. The predicted molar refractivity (Wildman–Crippen MR) is 117 cm³/mol. The molecule has 0 radical (unpaired) electrons. The van der Waals surface area contributed by atoms with Gasteiger partial charge in [0.2, 0.25) is 5.91 Å². The number of anilines is 1. The minimum absolute atomic E-state index is 0.0397. The van der Waals surface area contributed by atoms with Crippen LogP contribution in [0.5, 0.6) is 0 Å². The molecule has 156 valence electrons. The molecule has 3 rings (SSSR count). The average molecular weight is 425 g/mol. The number of hydrogen-bond donors (Lipinski definition) is 2. The Bertz CT molecular complexity index is 1030. The smallest absolute Gasteiger partial charge is 0.256 e. The Morgan fingerprint density at radius 1 is 1.17 bits per heavy atom. The summed E-state index contributed by atoms with van der Waals surface area (Å²) in [6, 6.07) is 10.7. The van der Waals surface area contributed by atoms with E-state index in [9.17, 15) is 9.59 Å². The summed E-state index contributed by atoms with van der Waals surface area (Å²) in [5.74, 6) is 0.737. The fourth-order valence-corrected chi connectivity index (χ4v) is 3.55. The molecule has 30 heavy (non-hydrogen) atoms. The highest BCUT2D eigenvalue weighted by molar-refractivity contribution is 7.98. The number of carbonyl (C=O) groups excluding carboxylic acids is 2. The summed E-state index contributed by atoms with van der Waals surface area (Å²) in [5.41, 5.74) is 2.69. The number of rotatable bonds is 7. The molecule has 0 aliphatic rings. The van der Waals surface area contributed by atoms with Crippen LogP contribution < -0.4 is 10.6 Å². The van der Waals surface area contributed by atoms with Crippen molar-refractivity contribution in [3.63, 3.8) is 0 Å². The van der Waals surface area contributed by atoms with E-state index in [1.165, 1.54) is 11.8 Å². The van der Waals surface area contributed by atoms with Crippen molar-refractivity contribution in [2.24, 2.45) is 0 Å². The molecule has 0 aliphatic heterocycles. The highest BCUT2D eigenvalue weighted by Crippen LogP contribution is 2.26. The molecule has 0 spiro atoms. The lowest BCUT2D eigenvalue weighted by Gasteiger charge is -2.17. The average Bonchev–Trinajstić information content (AvgIpc) is 3.28. The summed E-state index contributed by atoms with van der Waals surface area (Å²) < 4.78 is 5.38. The Kier molecular flexibility index (Phi) is 6.89. The Balaban J connectivity index is 1.77. The number of aromatic nitrogens is 2. The van der Waals surface area contributed by atoms with Gasteiger partial charge in [0.1, 0.15) is 5.03 Å². The summed E-state index contributed by atoms with van der Waals surface area (Å²) in [6.07, 6.45) is 3.86. The van der Waals surface area contributed by atoms with Crippen molar-refractivity contribution in [2.75, 3.05) is 11.6 Å². The zero-order valence-corrected chi connectivity index (χ0v) is 18.2. The second-order valence-corrected chi connectivity index (χ2v) is 7.51. The van der Waals surface area contributed by atoms with Crippen LogP contribution in [0.4, 0.5) is 5.69 Å². The first kappa shape index (κ1) is 21.6. The van der Waals surface area contributed by atoms with Crippen LogP contribution in [-0.4, -0.2) is 28.0 Å². The van der Waals surface area contributed by atoms with Gasteiger partial charge in [-0.05, 0) is 49.9 Å². The van der Waals surface area contributed by atoms with E-state index in [0.29, 0.717) is 34.3 Å². The third-order valence-corrected chi connectivity index (χ3v) is 5.26. The van der Waals surface area contributed by atoms with Gasteiger partial charge in [0, 0.05) is 12.1 Å². The summed E-state index contributed by atoms with van der Waals surface area (Å²) in [7, 11) is 0. The summed E-state index contributed by atoms with van der Waals surface area (Å²) in [5, 5.41) is 6.41. The van der Waals surface area contributed by atoms with Crippen LogP contribution in [0.1, 0.15) is 47.9 Å². The van der Waals surface area contributed by atoms with E-state index in [4.69, 9.17) is 4.42 Å². The molecule has 0 bridgehead atoms. The molecule has 1 atom stereocenters. The third-order valence-electron chi connectivity index (χ3n) is 4.58. The van der Waals surface area contributed by atoms with Crippen molar-refractivity contribution in [2.45, 2.75) is 38.3 Å². The molecule has 2 N–H and O–H groups in total. The second kappa shape index (κ2) is 9.58. The van der Waals surface area contributed by atoms with Gasteiger partial charge >= 0.3 is 0 Å². The molecule has 0 fully saturated rings. The molecule has 1 unspecified atom stereocenters. The first-order valence-electron chi connectivity index (χ1n) is 9.60. The van der Waals surface area contributed by atoms with Crippen molar-refractivity contribution in [3.8, 4) is 11.6 Å². The van der Waals surface area contributed by atoms with Gasteiger partial charge < -0.3 is 15.1 Å². The second-order valence-electron chi connectivity index (χ2n) is 6.71. The van der Waals surface area contributed by atoms with E-state index in [1.54, 1.807) is 32.2 Å². The third kappa shape index (κ3) is 4.88. The van der Waals surface area contributed by atoms with Crippen LogP contribution in [0.2, 0.25) is 0 Å². The molecule has 0 saturated carbocycles. The van der Waals surface area contributed by atoms with E-state index in [-0.39, 0.29) is 17.9 Å². The molecular weight excluding hydrogens is 400 g/mol. The van der Waals surface area contributed by atoms with Crippen molar-refractivity contribution < 1.29 is 14.0 Å². The number of carbonyl (C=O) groups is 2. The minimum atomic E-state index is -0.237. The Labute approximate surface area is 179 Å². The molecule has 8 heteroatoms. The van der Waals surface area contributed by atoms with Gasteiger partial charge in [-0.2, -0.15) is 0 Å². The lowest BCUT2D eigenvalue weighted by atomic mass is 10.1. The Hall–Kier alpha value is -3.13. The number of hydrogen-bond acceptors (Lipinski definition) is 6. The molecule has 2 heterocycles. The molecule has 7 nitrogen and oxygen atoms in total. The molecule has 2 amide bonds. The van der Waals surface area contributed by atoms with E-state index < -0.39 is 0 Å². The zero-order valence-electron chi connectivity index (χ0n) is 17.4. The minimum Gasteiger partial charge on any atom is -0.461 e. The van der Waals surface area contributed by atoms with E-state index in [0.717, 1.165) is 11.3 Å². The van der Waals surface area contributed by atoms with Crippen LogP contribution in [-0.2, 0) is 4.79 Å². The SMILES string of the molecule is CCC(=O)Nc1ccc(C(C)NC(=O)c2c(C)nc(-c3ccco3)nc2SC)cc1. The number of benzene rings is 1. The van der Waals surface area contributed by atoms with Gasteiger partial charge in [0.05, 0.1) is 23.6 Å². The molecule has 0 saturated heterocycles. The highest BCUT2D eigenvalue weighted by Gasteiger charge is 2.21. The number of furan rings is 1. The maximum Gasteiger partial charge on any atom is 0.256 e. The van der Waals surface area contributed by atoms with E-state index in [1.807, 2.05) is 37.4 Å². The fraction of sp³-hybridized carbons (Fsp3) is 0.273. The van der Waals surface area contributed by atoms with Crippen LogP contribution >= 0.6 is 11.8 Å². The monoisotopic (exact) mass is 424 g/mol. The highest BCUT2D eigenvalue weighted by atomic mass is 32.2. The van der Waals surface area contributed by atoms with Crippen molar-refractivity contribution in [3.05, 3.63) is 59.5 Å². The fourth-order valence-electron chi connectivity index (χ4n) is 2.93. The number of aryl methyl sites for hydroxylation is 1. The van der Waals surface area contributed by atoms with E-state index >= 15 is 0 Å². The van der Waals surface area contributed by atoms with Crippen LogP contribution in [0, 0.1) is 6.92 Å². The summed E-state index contributed by atoms with van der Waals surface area (Å²) in [6.45, 7) is 5.50. The van der Waals surface area contributed by atoms with Gasteiger partial charge in [0.25, 0.3) is 5.91 Å². The van der Waals surface area contributed by atoms with Gasteiger partial charge in [-0.1, -0.05) is 19.1 Å². The first-order chi connectivity index (χ1) is 14.4. The number of amides is 2. The molecule has 2 aromatic heterocycles. The zero-order chi connectivity index (χ0) is 21.7. The molecule has 1 aromatic carbocycles. The van der Waals surface area contributed by atoms with Gasteiger partial charge in [-0.3, -0.25) is 9.59 Å². The van der Waals surface area contributed by atoms with Crippen LogP contribution in [0.3, 0.4) is 0 Å². The summed E-state index contributed by atoms with van der Waals surface area (Å²) in [4.78, 5) is 33.5. The quantitative estimate of drug-likeness (QED) is 0.425. The maximum absolute atomic E-state index is 13.0. The first-order valence-corrected chi connectivity index (χ1v) is 10.8. The molecular formula is C22H24N4O3S. The predicted octanol–water partition coefficient (Wildman–Crippen LogP) is 4.61. The van der Waals surface area contributed by atoms with Gasteiger partial charge in [-0.15, -0.1) is 11.8 Å². The normalized spacial score (nSPS) is 11.7. The lowest BCUT2D eigenvalue weighted by molar-refractivity contribution is -0.115. The van der Waals surface area contributed by atoms with Crippen molar-refractivity contribution >= 4 is 29.3 Å². The number of nitrogens with one attached hydrogen (secondary N) is 2. The largest absolute Gasteiger partial charge is 0.461 e. The molecule has 0 aliphatic carbocycles. The van der Waals surface area contributed by atoms with Crippen LogP contribution in [0.25, 0.3) is 11.6 Å². The lowest BCUT2D eigenvalue weighted by Crippen LogP contribution is -2.28.